The van der Waals surface area contributed by atoms with E-state index in [-0.39, 0.29) is 11.4 Å². The van der Waals surface area contributed by atoms with E-state index in [1.165, 1.54) is 12.3 Å². The van der Waals surface area contributed by atoms with Gasteiger partial charge in [0.1, 0.15) is 11.2 Å². The number of hydrogen-bond acceptors (Lipinski definition) is 4. The molecule has 19 heavy (non-hydrogen) atoms. The Morgan fingerprint density at radius 3 is 2.53 bits per heavy atom. The van der Waals surface area contributed by atoms with Gasteiger partial charge in [0.25, 0.3) is 0 Å². The minimum absolute atomic E-state index is 0.0338. The Balaban J connectivity index is 2.33. The number of aromatic carboxylic acids is 1. The van der Waals surface area contributed by atoms with Gasteiger partial charge < -0.3 is 9.84 Å². The van der Waals surface area contributed by atoms with E-state index in [2.05, 4.69) is 9.97 Å². The van der Waals surface area contributed by atoms with Gasteiger partial charge in [-0.15, -0.1) is 0 Å². The molecule has 0 fully saturated rings. The van der Waals surface area contributed by atoms with Crippen LogP contribution in [0.5, 0.6) is 5.88 Å². The topological polar surface area (TPSA) is 72.3 Å². The van der Waals surface area contributed by atoms with Crippen LogP contribution in [0.2, 0.25) is 0 Å². The molecule has 0 atom stereocenters. The van der Waals surface area contributed by atoms with Crippen LogP contribution in [-0.2, 0) is 5.60 Å². The molecule has 0 unspecified atom stereocenters. The second-order valence-electron chi connectivity index (χ2n) is 4.49. The van der Waals surface area contributed by atoms with Gasteiger partial charge >= 0.3 is 5.97 Å². The average Bonchev–Trinajstić information content (AvgIpc) is 2.39. The van der Waals surface area contributed by atoms with E-state index >= 15 is 0 Å². The fourth-order valence-electron chi connectivity index (χ4n) is 1.65. The van der Waals surface area contributed by atoms with Crippen LogP contribution in [-0.4, -0.2) is 21.0 Å². The van der Waals surface area contributed by atoms with Gasteiger partial charge in [-0.05, 0) is 38.1 Å². The fourth-order valence-corrected chi connectivity index (χ4v) is 1.65. The first kappa shape index (κ1) is 13.0. The molecule has 2 aromatic rings. The number of carboxylic acids is 1. The minimum Gasteiger partial charge on any atom is -0.477 e. The summed E-state index contributed by atoms with van der Waals surface area (Å²) >= 11 is 0. The predicted molar refractivity (Wildman–Crippen MR) is 69.1 cm³/mol. The van der Waals surface area contributed by atoms with E-state index < -0.39 is 11.6 Å². The van der Waals surface area contributed by atoms with Crippen molar-refractivity contribution >= 4 is 5.97 Å². The number of pyridine rings is 2. The van der Waals surface area contributed by atoms with Crippen LogP contribution in [0.3, 0.4) is 0 Å². The standard InChI is InChI=1S/C14H14N2O3/c1-14(2,11-7-3-4-8-15-11)19-12-10(13(17)18)6-5-9-16-12/h3-9H,1-2H3,(H,17,18). The maximum absolute atomic E-state index is 11.1. The molecular weight excluding hydrogens is 244 g/mol. The Kier molecular flexibility index (Phi) is 3.46. The normalized spacial score (nSPS) is 11.1. The van der Waals surface area contributed by atoms with E-state index in [4.69, 9.17) is 9.84 Å². The number of ether oxygens (including phenoxy) is 1. The van der Waals surface area contributed by atoms with Crippen LogP contribution in [0.25, 0.3) is 0 Å². The molecule has 0 aliphatic carbocycles. The van der Waals surface area contributed by atoms with E-state index in [1.807, 2.05) is 32.0 Å². The van der Waals surface area contributed by atoms with Crippen molar-refractivity contribution < 1.29 is 14.6 Å². The van der Waals surface area contributed by atoms with E-state index in [0.717, 1.165) is 0 Å². The van der Waals surface area contributed by atoms with Crippen molar-refractivity contribution in [3.8, 4) is 5.88 Å². The summed E-state index contributed by atoms with van der Waals surface area (Å²) in [4.78, 5) is 19.3. The summed E-state index contributed by atoms with van der Waals surface area (Å²) in [6.45, 7) is 3.63. The van der Waals surface area contributed by atoms with Crippen LogP contribution in [0.4, 0.5) is 0 Å². The number of aromatic nitrogens is 2. The third kappa shape index (κ3) is 2.88. The molecule has 0 saturated heterocycles. The van der Waals surface area contributed by atoms with Crippen molar-refractivity contribution in [1.29, 1.82) is 0 Å². The monoisotopic (exact) mass is 258 g/mol. The molecule has 5 nitrogen and oxygen atoms in total. The lowest BCUT2D eigenvalue weighted by Gasteiger charge is -2.25. The number of nitrogens with zero attached hydrogens (tertiary/aromatic N) is 2. The number of hydrogen-bond donors (Lipinski definition) is 1. The second kappa shape index (κ2) is 5.06. The van der Waals surface area contributed by atoms with Crippen molar-refractivity contribution in [3.63, 3.8) is 0 Å². The molecular formula is C14H14N2O3. The maximum Gasteiger partial charge on any atom is 0.341 e. The van der Waals surface area contributed by atoms with Crippen molar-refractivity contribution in [2.24, 2.45) is 0 Å². The van der Waals surface area contributed by atoms with Crippen molar-refractivity contribution in [2.45, 2.75) is 19.4 Å². The molecule has 98 valence electrons. The molecule has 5 heteroatoms. The minimum atomic E-state index is -1.07. The molecule has 2 rings (SSSR count). The average molecular weight is 258 g/mol. The molecule has 0 aliphatic heterocycles. The molecule has 2 heterocycles. The lowest BCUT2D eigenvalue weighted by atomic mass is 10.0. The van der Waals surface area contributed by atoms with Gasteiger partial charge in [-0.3, -0.25) is 4.98 Å². The zero-order chi connectivity index (χ0) is 13.9. The Morgan fingerprint density at radius 1 is 1.16 bits per heavy atom. The lowest BCUT2D eigenvalue weighted by Crippen LogP contribution is -2.27. The van der Waals surface area contributed by atoms with Crippen LogP contribution >= 0.6 is 0 Å². The highest BCUT2D eigenvalue weighted by atomic mass is 16.5. The molecule has 2 aromatic heterocycles. The number of carbonyl (C=O) groups is 1. The highest BCUT2D eigenvalue weighted by Gasteiger charge is 2.26. The van der Waals surface area contributed by atoms with Gasteiger partial charge in [-0.25, -0.2) is 9.78 Å². The Labute approximate surface area is 110 Å². The van der Waals surface area contributed by atoms with Gasteiger partial charge in [-0.1, -0.05) is 6.07 Å². The first-order chi connectivity index (χ1) is 9.00. The van der Waals surface area contributed by atoms with Gasteiger partial charge in [0.2, 0.25) is 5.88 Å². The van der Waals surface area contributed by atoms with Crippen LogP contribution in [0.1, 0.15) is 29.9 Å². The first-order valence-electron chi connectivity index (χ1n) is 5.79. The maximum atomic E-state index is 11.1. The highest BCUT2D eigenvalue weighted by molar-refractivity contribution is 5.90. The van der Waals surface area contributed by atoms with Gasteiger partial charge in [-0.2, -0.15) is 0 Å². The van der Waals surface area contributed by atoms with Gasteiger partial charge in [0.05, 0.1) is 5.69 Å². The van der Waals surface area contributed by atoms with E-state index in [9.17, 15) is 4.79 Å². The Morgan fingerprint density at radius 2 is 1.89 bits per heavy atom. The molecule has 0 radical (unpaired) electrons. The zero-order valence-electron chi connectivity index (χ0n) is 10.7. The smallest absolute Gasteiger partial charge is 0.341 e. The zero-order valence-corrected chi connectivity index (χ0v) is 10.7. The van der Waals surface area contributed by atoms with E-state index in [0.29, 0.717) is 5.69 Å². The SMILES string of the molecule is CC(C)(Oc1ncccc1C(=O)O)c1ccccn1. The lowest BCUT2D eigenvalue weighted by molar-refractivity contribution is 0.0661. The van der Waals surface area contributed by atoms with Crippen LogP contribution in [0, 0.1) is 0 Å². The summed E-state index contributed by atoms with van der Waals surface area (Å²) < 4.78 is 5.73. The molecule has 0 spiro atoms. The van der Waals surface area contributed by atoms with E-state index in [1.54, 1.807) is 12.3 Å². The van der Waals surface area contributed by atoms with Crippen LogP contribution in [0.15, 0.2) is 42.7 Å². The third-order valence-corrected chi connectivity index (χ3v) is 2.64. The van der Waals surface area contributed by atoms with Gasteiger partial charge in [0, 0.05) is 12.4 Å². The van der Waals surface area contributed by atoms with Crippen LogP contribution < -0.4 is 4.74 Å². The molecule has 0 aromatic carbocycles. The largest absolute Gasteiger partial charge is 0.477 e. The van der Waals surface area contributed by atoms with Crippen molar-refractivity contribution in [2.75, 3.05) is 0 Å². The molecule has 0 aliphatic rings. The summed E-state index contributed by atoms with van der Waals surface area (Å²) in [6.07, 6.45) is 3.16. The molecule has 1 N–H and O–H groups in total. The second-order valence-corrected chi connectivity index (χ2v) is 4.49. The quantitative estimate of drug-likeness (QED) is 0.912. The summed E-state index contributed by atoms with van der Waals surface area (Å²) in [5, 5.41) is 9.10. The third-order valence-electron chi connectivity index (χ3n) is 2.64. The first-order valence-corrected chi connectivity index (χ1v) is 5.79. The van der Waals surface area contributed by atoms with Crippen molar-refractivity contribution in [1.82, 2.24) is 9.97 Å². The molecule has 0 saturated carbocycles. The highest BCUT2D eigenvalue weighted by Crippen LogP contribution is 2.26. The number of carboxylic acid groups (broad SMARTS) is 1. The Bertz CT molecular complexity index is 582. The summed E-state index contributed by atoms with van der Waals surface area (Å²) in [6, 6.07) is 8.50. The summed E-state index contributed by atoms with van der Waals surface area (Å²) in [7, 11) is 0. The fraction of sp³-hybridized carbons (Fsp3) is 0.214. The van der Waals surface area contributed by atoms with Crippen molar-refractivity contribution in [3.05, 3.63) is 54.0 Å². The number of rotatable bonds is 4. The van der Waals surface area contributed by atoms with Gasteiger partial charge in [0.15, 0.2) is 0 Å². The molecule has 0 bridgehead atoms. The Hall–Kier alpha value is -2.43. The summed E-state index contributed by atoms with van der Waals surface area (Å²) in [5.74, 6) is -0.981. The summed E-state index contributed by atoms with van der Waals surface area (Å²) in [5.41, 5.74) is -0.0247. The predicted octanol–water partition coefficient (Wildman–Crippen LogP) is 2.49. The molecule has 0 amide bonds.